The molecule has 0 saturated heterocycles. The molecule has 16 heavy (non-hydrogen) atoms. The van der Waals surface area contributed by atoms with Gasteiger partial charge in [0.1, 0.15) is 5.78 Å². The first-order chi connectivity index (χ1) is 7.70. The fourth-order valence-corrected chi connectivity index (χ4v) is 2.00. The molecule has 1 nitrogen and oxygen atoms in total. The van der Waals surface area contributed by atoms with Crippen LogP contribution >= 0.6 is 0 Å². The highest BCUT2D eigenvalue weighted by atomic mass is 16.1. The Kier molecular flexibility index (Phi) is 4.97. The van der Waals surface area contributed by atoms with Crippen molar-refractivity contribution in [1.29, 1.82) is 0 Å². The lowest BCUT2D eigenvalue weighted by Gasteiger charge is -2.21. The van der Waals surface area contributed by atoms with Gasteiger partial charge in [0.25, 0.3) is 0 Å². The van der Waals surface area contributed by atoms with E-state index in [0.29, 0.717) is 12.3 Å². The maximum Gasteiger partial charge on any atom is 0.144 e. The van der Waals surface area contributed by atoms with E-state index in [4.69, 9.17) is 0 Å². The molecule has 0 aromatic heterocycles. The number of carbonyl (C=O) groups is 1. The minimum atomic E-state index is 0.0178. The third kappa shape index (κ3) is 3.06. The predicted octanol–water partition coefficient (Wildman–Crippen LogP) is 3.96. The lowest BCUT2D eigenvalue weighted by Crippen LogP contribution is -2.19. The molecule has 1 rings (SSSR count). The van der Waals surface area contributed by atoms with Crippen LogP contribution in [0, 0.1) is 5.92 Å². The summed E-state index contributed by atoms with van der Waals surface area (Å²) in [6.07, 6.45) is 3.17. The fourth-order valence-electron chi connectivity index (χ4n) is 2.00. The summed E-state index contributed by atoms with van der Waals surface area (Å²) in [6, 6.07) is 10.0. The molecule has 0 fully saturated rings. The van der Waals surface area contributed by atoms with E-state index in [1.54, 1.807) is 6.08 Å². The van der Waals surface area contributed by atoms with Crippen molar-refractivity contribution in [2.75, 3.05) is 0 Å². The molecule has 0 amide bonds. The Morgan fingerprint density at radius 2 is 2.00 bits per heavy atom. The summed E-state index contributed by atoms with van der Waals surface area (Å²) in [7, 11) is 0. The summed E-state index contributed by atoms with van der Waals surface area (Å²) in [6.45, 7) is 7.91. The van der Waals surface area contributed by atoms with Gasteiger partial charge in [0.05, 0.1) is 0 Å². The van der Waals surface area contributed by atoms with E-state index in [1.807, 2.05) is 30.3 Å². The van der Waals surface area contributed by atoms with Crippen LogP contribution in [0.15, 0.2) is 43.0 Å². The molecule has 0 bridgehead atoms. The summed E-state index contributed by atoms with van der Waals surface area (Å²) in [5.41, 5.74) is 1.13. The number of hydrogen-bond acceptors (Lipinski definition) is 1. The molecule has 0 N–H and O–H groups in total. The molecular formula is C15H20O. The first kappa shape index (κ1) is 12.7. The lowest BCUT2D eigenvalue weighted by molar-refractivity contribution is -0.120. The highest BCUT2D eigenvalue weighted by molar-refractivity contribution is 5.87. The van der Waals surface area contributed by atoms with E-state index in [-0.39, 0.29) is 11.7 Å². The van der Waals surface area contributed by atoms with Crippen LogP contribution < -0.4 is 0 Å². The highest BCUT2D eigenvalue weighted by Crippen LogP contribution is 2.28. The van der Waals surface area contributed by atoms with Gasteiger partial charge in [-0.05, 0) is 11.5 Å². The van der Waals surface area contributed by atoms with Gasteiger partial charge in [-0.25, -0.2) is 0 Å². The topological polar surface area (TPSA) is 17.1 Å². The van der Waals surface area contributed by atoms with Crippen LogP contribution in [0.2, 0.25) is 0 Å². The Morgan fingerprint density at radius 1 is 1.38 bits per heavy atom. The second-order valence-electron chi connectivity index (χ2n) is 4.23. The summed E-state index contributed by atoms with van der Waals surface area (Å²) in [5, 5.41) is 0. The van der Waals surface area contributed by atoms with Crippen molar-refractivity contribution in [3.63, 3.8) is 0 Å². The van der Waals surface area contributed by atoms with E-state index in [2.05, 4.69) is 20.4 Å². The molecule has 0 spiro atoms. The van der Waals surface area contributed by atoms with Gasteiger partial charge in [-0.1, -0.05) is 56.7 Å². The SMILES string of the molecule is C=CCC(=O)C(c1ccccc1)C(C)CC. The number of carbonyl (C=O) groups excluding carboxylic acids is 1. The van der Waals surface area contributed by atoms with Gasteiger partial charge in [0.2, 0.25) is 0 Å². The van der Waals surface area contributed by atoms with Crippen LogP contribution in [0.5, 0.6) is 0 Å². The quantitative estimate of drug-likeness (QED) is 0.658. The summed E-state index contributed by atoms with van der Waals surface area (Å²) in [5.74, 6) is 0.676. The van der Waals surface area contributed by atoms with Crippen LogP contribution in [0.25, 0.3) is 0 Å². The van der Waals surface area contributed by atoms with Crippen LogP contribution in [-0.4, -0.2) is 5.78 Å². The van der Waals surface area contributed by atoms with Gasteiger partial charge < -0.3 is 0 Å². The molecule has 86 valence electrons. The number of Topliss-reactive ketones (excluding diaryl/α,β-unsaturated/α-hetero) is 1. The van der Waals surface area contributed by atoms with Crippen molar-refractivity contribution in [2.24, 2.45) is 5.92 Å². The second kappa shape index (κ2) is 6.26. The van der Waals surface area contributed by atoms with Gasteiger partial charge >= 0.3 is 0 Å². The summed E-state index contributed by atoms with van der Waals surface area (Å²) >= 11 is 0. The Labute approximate surface area is 98.2 Å². The maximum atomic E-state index is 12.1. The van der Waals surface area contributed by atoms with Gasteiger partial charge in [0.15, 0.2) is 0 Å². The van der Waals surface area contributed by atoms with Crippen LogP contribution in [-0.2, 0) is 4.79 Å². The van der Waals surface area contributed by atoms with Gasteiger partial charge in [0, 0.05) is 12.3 Å². The minimum absolute atomic E-state index is 0.0178. The van der Waals surface area contributed by atoms with Crippen molar-refractivity contribution in [1.82, 2.24) is 0 Å². The highest BCUT2D eigenvalue weighted by Gasteiger charge is 2.24. The molecule has 0 aliphatic carbocycles. The number of allylic oxidation sites excluding steroid dienone is 1. The Hall–Kier alpha value is -1.37. The smallest absolute Gasteiger partial charge is 0.144 e. The number of hydrogen-bond donors (Lipinski definition) is 0. The Bertz CT molecular complexity index is 340. The zero-order valence-corrected chi connectivity index (χ0v) is 10.1. The third-order valence-electron chi connectivity index (χ3n) is 3.06. The molecular weight excluding hydrogens is 196 g/mol. The fraction of sp³-hybridized carbons (Fsp3) is 0.400. The average Bonchev–Trinajstić information content (AvgIpc) is 2.31. The van der Waals surface area contributed by atoms with Gasteiger partial charge in [-0.2, -0.15) is 0 Å². The van der Waals surface area contributed by atoms with Crippen LogP contribution in [0.3, 0.4) is 0 Å². The van der Waals surface area contributed by atoms with Crippen molar-refractivity contribution in [3.8, 4) is 0 Å². The van der Waals surface area contributed by atoms with Gasteiger partial charge in [-0.15, -0.1) is 6.58 Å². The van der Waals surface area contributed by atoms with Crippen molar-refractivity contribution in [3.05, 3.63) is 48.6 Å². The summed E-state index contributed by atoms with van der Waals surface area (Å²) in [4.78, 5) is 12.1. The molecule has 0 heterocycles. The lowest BCUT2D eigenvalue weighted by atomic mass is 9.81. The van der Waals surface area contributed by atoms with E-state index < -0.39 is 0 Å². The largest absolute Gasteiger partial charge is 0.299 e. The maximum absolute atomic E-state index is 12.1. The normalized spacial score (nSPS) is 14.1. The van der Waals surface area contributed by atoms with E-state index in [9.17, 15) is 4.79 Å². The third-order valence-corrected chi connectivity index (χ3v) is 3.06. The van der Waals surface area contributed by atoms with Gasteiger partial charge in [-0.3, -0.25) is 4.79 Å². The minimum Gasteiger partial charge on any atom is -0.299 e. The zero-order valence-electron chi connectivity index (χ0n) is 10.1. The van der Waals surface area contributed by atoms with Crippen LogP contribution in [0.1, 0.15) is 38.2 Å². The summed E-state index contributed by atoms with van der Waals surface area (Å²) < 4.78 is 0. The standard InChI is InChI=1S/C15H20O/c1-4-9-14(16)15(12(3)5-2)13-10-7-6-8-11-13/h4,6-8,10-12,15H,1,5,9H2,2-3H3. The predicted molar refractivity (Wildman–Crippen MR) is 68.5 cm³/mol. The van der Waals surface area contributed by atoms with Crippen molar-refractivity contribution in [2.45, 2.75) is 32.6 Å². The Morgan fingerprint density at radius 3 is 2.50 bits per heavy atom. The van der Waals surface area contributed by atoms with E-state index in [1.165, 1.54) is 0 Å². The van der Waals surface area contributed by atoms with E-state index in [0.717, 1.165) is 12.0 Å². The molecule has 2 unspecified atom stereocenters. The molecule has 0 radical (unpaired) electrons. The second-order valence-corrected chi connectivity index (χ2v) is 4.23. The molecule has 0 aliphatic rings. The molecule has 2 atom stereocenters. The monoisotopic (exact) mass is 216 g/mol. The molecule has 0 aliphatic heterocycles. The number of benzene rings is 1. The average molecular weight is 216 g/mol. The van der Waals surface area contributed by atoms with Crippen molar-refractivity contribution >= 4 is 5.78 Å². The first-order valence-electron chi connectivity index (χ1n) is 5.89. The Balaban J connectivity index is 2.96. The van der Waals surface area contributed by atoms with E-state index >= 15 is 0 Å². The molecule has 0 saturated carbocycles. The molecule has 1 heteroatoms. The molecule has 1 aromatic carbocycles. The van der Waals surface area contributed by atoms with Crippen LogP contribution in [0.4, 0.5) is 0 Å². The molecule has 1 aromatic rings. The number of ketones is 1. The first-order valence-corrected chi connectivity index (χ1v) is 5.89. The van der Waals surface area contributed by atoms with Crippen molar-refractivity contribution < 1.29 is 4.79 Å². The zero-order chi connectivity index (χ0) is 12.0. The number of rotatable bonds is 6.